The van der Waals surface area contributed by atoms with Crippen LogP contribution in [0.1, 0.15) is 18.4 Å². The van der Waals surface area contributed by atoms with Crippen LogP contribution in [-0.2, 0) is 19.6 Å². The maximum absolute atomic E-state index is 13.8. The van der Waals surface area contributed by atoms with Crippen LogP contribution >= 0.6 is 0 Å². The highest BCUT2D eigenvalue weighted by Gasteiger charge is 2.35. The second-order valence-electron chi connectivity index (χ2n) is 5.16. The van der Waals surface area contributed by atoms with E-state index >= 15 is 0 Å². The van der Waals surface area contributed by atoms with Crippen LogP contribution in [0, 0.1) is 18.7 Å². The second kappa shape index (κ2) is 6.11. The summed E-state index contributed by atoms with van der Waals surface area (Å²) in [6, 6.07) is 3.97. The van der Waals surface area contributed by atoms with Crippen LogP contribution in [0.25, 0.3) is 0 Å². The topological polar surface area (TPSA) is 63.7 Å². The van der Waals surface area contributed by atoms with Crippen molar-refractivity contribution in [2.75, 3.05) is 20.2 Å². The Labute approximate surface area is 123 Å². The van der Waals surface area contributed by atoms with Gasteiger partial charge in [0.25, 0.3) is 0 Å². The molecule has 1 heterocycles. The number of ether oxygens (including phenoxy) is 1. The summed E-state index contributed by atoms with van der Waals surface area (Å²) in [7, 11) is -2.67. The van der Waals surface area contributed by atoms with Gasteiger partial charge in [-0.2, -0.15) is 4.31 Å². The van der Waals surface area contributed by atoms with Crippen molar-refractivity contribution in [2.45, 2.75) is 24.7 Å². The Morgan fingerprint density at radius 2 is 2.14 bits per heavy atom. The van der Waals surface area contributed by atoms with Crippen molar-refractivity contribution in [1.82, 2.24) is 4.31 Å². The number of hydrogen-bond donors (Lipinski definition) is 0. The van der Waals surface area contributed by atoms with Crippen molar-refractivity contribution in [3.05, 3.63) is 29.6 Å². The highest BCUT2D eigenvalue weighted by molar-refractivity contribution is 7.89. The van der Waals surface area contributed by atoms with E-state index in [1.54, 1.807) is 6.92 Å². The summed E-state index contributed by atoms with van der Waals surface area (Å²) < 4.78 is 44.8. The number of carbonyl (C=O) groups excluding carboxylic acids is 1. The van der Waals surface area contributed by atoms with Crippen molar-refractivity contribution in [1.29, 1.82) is 0 Å². The van der Waals surface area contributed by atoms with Gasteiger partial charge in [-0.25, -0.2) is 12.8 Å². The Morgan fingerprint density at radius 3 is 2.81 bits per heavy atom. The molecule has 1 aromatic rings. The summed E-state index contributed by atoms with van der Waals surface area (Å²) in [6.45, 7) is 2.01. The average molecular weight is 315 g/mol. The molecule has 0 amide bonds. The first-order valence-corrected chi connectivity index (χ1v) is 8.14. The third-order valence-corrected chi connectivity index (χ3v) is 5.50. The lowest BCUT2D eigenvalue weighted by atomic mass is 10.0. The molecule has 5 nitrogen and oxygen atoms in total. The molecular weight excluding hydrogens is 297 g/mol. The first kappa shape index (κ1) is 15.9. The quantitative estimate of drug-likeness (QED) is 0.797. The van der Waals surface area contributed by atoms with Crippen LogP contribution in [0.4, 0.5) is 4.39 Å². The molecule has 1 aliphatic heterocycles. The Kier molecular flexibility index (Phi) is 4.63. The van der Waals surface area contributed by atoms with Crippen LogP contribution in [0.3, 0.4) is 0 Å². The Bertz CT molecular complexity index is 644. The van der Waals surface area contributed by atoms with E-state index in [2.05, 4.69) is 4.74 Å². The van der Waals surface area contributed by atoms with Crippen molar-refractivity contribution in [3.8, 4) is 0 Å². The van der Waals surface area contributed by atoms with Gasteiger partial charge in [-0.1, -0.05) is 6.07 Å². The fraction of sp³-hybridized carbons (Fsp3) is 0.500. The van der Waals surface area contributed by atoms with Gasteiger partial charge in [0.15, 0.2) is 0 Å². The van der Waals surface area contributed by atoms with Gasteiger partial charge in [-0.05, 0) is 37.5 Å². The van der Waals surface area contributed by atoms with Crippen LogP contribution in [0.2, 0.25) is 0 Å². The fourth-order valence-electron chi connectivity index (χ4n) is 2.47. The van der Waals surface area contributed by atoms with E-state index in [-0.39, 0.29) is 18.0 Å². The summed E-state index contributed by atoms with van der Waals surface area (Å²) >= 11 is 0. The minimum Gasteiger partial charge on any atom is -0.469 e. The average Bonchev–Trinajstić information content (AvgIpc) is 2.49. The van der Waals surface area contributed by atoms with Crippen molar-refractivity contribution in [2.24, 2.45) is 5.92 Å². The minimum absolute atomic E-state index is 0.0301. The molecule has 0 unspecified atom stereocenters. The Balaban J connectivity index is 2.31. The molecule has 0 bridgehead atoms. The fourth-order valence-corrected chi connectivity index (χ4v) is 4.14. The largest absolute Gasteiger partial charge is 0.469 e. The molecule has 7 heteroatoms. The van der Waals surface area contributed by atoms with Gasteiger partial charge in [-0.15, -0.1) is 0 Å². The molecule has 1 aliphatic rings. The predicted octanol–water partition coefficient (Wildman–Crippen LogP) is 1.71. The van der Waals surface area contributed by atoms with Crippen LogP contribution in [0.5, 0.6) is 0 Å². The number of methoxy groups -OCH3 is 1. The number of benzene rings is 1. The van der Waals surface area contributed by atoms with Crippen LogP contribution in [-0.4, -0.2) is 38.9 Å². The molecule has 1 aromatic carbocycles. The maximum atomic E-state index is 13.8. The van der Waals surface area contributed by atoms with Gasteiger partial charge in [0, 0.05) is 13.1 Å². The SMILES string of the molecule is COC(=O)[C@H]1CCCN(S(=O)(=O)c2cc(C)ccc2F)C1. The molecule has 1 fully saturated rings. The highest BCUT2D eigenvalue weighted by Crippen LogP contribution is 2.26. The standard InChI is InChI=1S/C14H18FNO4S/c1-10-5-6-12(15)13(8-10)21(18,19)16-7-3-4-11(9-16)14(17)20-2/h5-6,8,11H,3-4,7,9H2,1-2H3/t11-/m0/s1. The molecular formula is C14H18FNO4S. The zero-order valence-corrected chi connectivity index (χ0v) is 12.8. The molecule has 1 saturated heterocycles. The third-order valence-electron chi connectivity index (χ3n) is 3.62. The smallest absolute Gasteiger partial charge is 0.309 e. The second-order valence-corrected chi connectivity index (χ2v) is 7.07. The summed E-state index contributed by atoms with van der Waals surface area (Å²) in [6.07, 6.45) is 1.13. The molecule has 0 N–H and O–H groups in total. The molecule has 0 saturated carbocycles. The van der Waals surface area contributed by atoms with Crippen molar-refractivity contribution >= 4 is 16.0 Å². The van der Waals surface area contributed by atoms with Crippen molar-refractivity contribution < 1.29 is 22.3 Å². The predicted molar refractivity (Wildman–Crippen MR) is 74.6 cm³/mol. The Hall–Kier alpha value is -1.47. The number of esters is 1. The molecule has 21 heavy (non-hydrogen) atoms. The molecule has 0 aliphatic carbocycles. The molecule has 1 atom stereocenters. The van der Waals surface area contributed by atoms with Crippen LogP contribution in [0.15, 0.2) is 23.1 Å². The molecule has 0 aromatic heterocycles. The number of nitrogens with zero attached hydrogens (tertiary/aromatic N) is 1. The number of rotatable bonds is 3. The van der Waals surface area contributed by atoms with Gasteiger partial charge < -0.3 is 4.74 Å². The minimum atomic E-state index is -3.94. The number of sulfonamides is 1. The van der Waals surface area contributed by atoms with E-state index in [9.17, 15) is 17.6 Å². The molecule has 0 spiro atoms. The van der Waals surface area contributed by atoms with Gasteiger partial charge >= 0.3 is 5.97 Å². The van der Waals surface area contributed by atoms with Crippen molar-refractivity contribution in [3.63, 3.8) is 0 Å². The van der Waals surface area contributed by atoms with E-state index in [1.165, 1.54) is 19.2 Å². The van der Waals surface area contributed by atoms with E-state index in [0.29, 0.717) is 18.4 Å². The van der Waals surface area contributed by atoms with Gasteiger partial charge in [-0.3, -0.25) is 4.79 Å². The van der Waals surface area contributed by atoms with E-state index in [1.807, 2.05) is 0 Å². The number of hydrogen-bond acceptors (Lipinski definition) is 4. The first-order chi connectivity index (χ1) is 9.86. The number of piperidine rings is 1. The van der Waals surface area contributed by atoms with E-state index in [0.717, 1.165) is 10.4 Å². The number of aryl methyl sites for hydroxylation is 1. The molecule has 2 rings (SSSR count). The zero-order chi connectivity index (χ0) is 15.6. The highest BCUT2D eigenvalue weighted by atomic mass is 32.2. The third kappa shape index (κ3) is 3.24. The maximum Gasteiger partial charge on any atom is 0.309 e. The normalized spacial score (nSPS) is 20.2. The summed E-state index contributed by atoms with van der Waals surface area (Å²) in [5, 5.41) is 0. The number of halogens is 1. The molecule has 116 valence electrons. The van der Waals surface area contributed by atoms with Crippen LogP contribution < -0.4 is 0 Å². The van der Waals surface area contributed by atoms with Gasteiger partial charge in [0.2, 0.25) is 10.0 Å². The lowest BCUT2D eigenvalue weighted by molar-refractivity contribution is -0.146. The van der Waals surface area contributed by atoms with E-state index < -0.39 is 27.7 Å². The first-order valence-electron chi connectivity index (χ1n) is 6.70. The lowest BCUT2D eigenvalue weighted by Crippen LogP contribution is -2.42. The monoisotopic (exact) mass is 315 g/mol. The van der Waals surface area contributed by atoms with Gasteiger partial charge in [0.1, 0.15) is 10.7 Å². The van der Waals surface area contributed by atoms with E-state index in [4.69, 9.17) is 0 Å². The number of carbonyl (C=O) groups is 1. The summed E-state index contributed by atoms with van der Waals surface area (Å²) in [5.74, 6) is -1.70. The Morgan fingerprint density at radius 1 is 1.43 bits per heavy atom. The summed E-state index contributed by atoms with van der Waals surface area (Å²) in [5.41, 5.74) is 0.663. The molecule has 0 radical (unpaired) electrons. The van der Waals surface area contributed by atoms with Gasteiger partial charge in [0.05, 0.1) is 13.0 Å². The zero-order valence-electron chi connectivity index (χ0n) is 12.0. The summed E-state index contributed by atoms with van der Waals surface area (Å²) in [4.78, 5) is 11.2. The lowest BCUT2D eigenvalue weighted by Gasteiger charge is -2.30.